The average molecular weight is 301 g/mol. The van der Waals surface area contributed by atoms with Crippen LogP contribution in [0.5, 0.6) is 5.88 Å². The summed E-state index contributed by atoms with van der Waals surface area (Å²) in [4.78, 5) is 14.3. The van der Waals surface area contributed by atoms with Gasteiger partial charge in [0.15, 0.2) is 5.69 Å². The summed E-state index contributed by atoms with van der Waals surface area (Å²) >= 11 is 6.12. The second-order valence-corrected chi connectivity index (χ2v) is 5.74. The van der Waals surface area contributed by atoms with E-state index in [0.29, 0.717) is 24.1 Å². The van der Waals surface area contributed by atoms with Crippen LogP contribution in [0.3, 0.4) is 0 Å². The van der Waals surface area contributed by atoms with Gasteiger partial charge in [0, 0.05) is 6.04 Å². The van der Waals surface area contributed by atoms with E-state index in [4.69, 9.17) is 16.3 Å². The van der Waals surface area contributed by atoms with E-state index < -0.39 is 0 Å². The number of hydrogen-bond acceptors (Lipinski definition) is 4. The summed E-state index contributed by atoms with van der Waals surface area (Å²) < 4.78 is 6.97. The predicted molar refractivity (Wildman–Crippen MR) is 77.4 cm³/mol. The van der Waals surface area contributed by atoms with Crippen LogP contribution in [0.15, 0.2) is 0 Å². The molecule has 1 aromatic heterocycles. The van der Waals surface area contributed by atoms with E-state index in [2.05, 4.69) is 15.3 Å². The zero-order valence-electron chi connectivity index (χ0n) is 12.1. The normalized spacial score (nSPS) is 15.1. The van der Waals surface area contributed by atoms with Gasteiger partial charge >= 0.3 is 0 Å². The van der Waals surface area contributed by atoms with Crippen molar-refractivity contribution in [3.8, 4) is 5.88 Å². The highest BCUT2D eigenvalue weighted by Gasteiger charge is 2.26. The van der Waals surface area contributed by atoms with Crippen molar-refractivity contribution >= 4 is 17.5 Å². The van der Waals surface area contributed by atoms with Gasteiger partial charge in [-0.05, 0) is 40.4 Å². The molecule has 0 radical (unpaired) electrons. The third kappa shape index (κ3) is 3.43. The van der Waals surface area contributed by atoms with E-state index in [9.17, 15) is 4.79 Å². The molecule has 7 heteroatoms. The molecule has 1 aromatic rings. The summed E-state index contributed by atoms with van der Waals surface area (Å²) in [6.45, 7) is 4.20. The SMILES string of the molecule is CC(CCCN(C)C)NC(=O)c1nn2c(c1Cl)OCC2. The molecule has 1 unspecified atom stereocenters. The Morgan fingerprint density at radius 1 is 1.60 bits per heavy atom. The summed E-state index contributed by atoms with van der Waals surface area (Å²) in [7, 11) is 4.07. The minimum absolute atomic E-state index is 0.0935. The van der Waals surface area contributed by atoms with Crippen LogP contribution in [0.4, 0.5) is 0 Å². The Morgan fingerprint density at radius 3 is 3.00 bits per heavy atom. The molecule has 0 aliphatic carbocycles. The Labute approximate surface area is 124 Å². The van der Waals surface area contributed by atoms with Gasteiger partial charge < -0.3 is 15.0 Å². The molecule has 1 atom stereocenters. The highest BCUT2D eigenvalue weighted by atomic mass is 35.5. The van der Waals surface area contributed by atoms with Crippen molar-refractivity contribution in [3.05, 3.63) is 10.7 Å². The molecule has 0 bridgehead atoms. The number of nitrogens with one attached hydrogen (secondary N) is 1. The first-order valence-corrected chi connectivity index (χ1v) is 7.21. The number of carbonyl (C=O) groups excluding carboxylic acids is 1. The molecule has 1 aliphatic heterocycles. The van der Waals surface area contributed by atoms with E-state index in [1.807, 2.05) is 21.0 Å². The van der Waals surface area contributed by atoms with Crippen LogP contribution >= 0.6 is 11.6 Å². The Morgan fingerprint density at radius 2 is 2.35 bits per heavy atom. The monoisotopic (exact) mass is 300 g/mol. The molecular weight excluding hydrogens is 280 g/mol. The Bertz CT molecular complexity index is 487. The fourth-order valence-electron chi connectivity index (χ4n) is 2.17. The van der Waals surface area contributed by atoms with Gasteiger partial charge in [-0.3, -0.25) is 4.79 Å². The van der Waals surface area contributed by atoms with Crippen LogP contribution in [-0.4, -0.2) is 53.9 Å². The molecule has 2 heterocycles. The van der Waals surface area contributed by atoms with Crippen molar-refractivity contribution in [3.63, 3.8) is 0 Å². The van der Waals surface area contributed by atoms with Crippen LogP contribution in [0.25, 0.3) is 0 Å². The molecule has 0 aromatic carbocycles. The van der Waals surface area contributed by atoms with Crippen LogP contribution in [0.1, 0.15) is 30.3 Å². The number of nitrogens with zero attached hydrogens (tertiary/aromatic N) is 3. The van der Waals surface area contributed by atoms with Crippen molar-refractivity contribution < 1.29 is 9.53 Å². The van der Waals surface area contributed by atoms with Crippen LogP contribution in [0.2, 0.25) is 5.02 Å². The maximum absolute atomic E-state index is 12.1. The molecule has 0 saturated carbocycles. The third-order valence-electron chi connectivity index (χ3n) is 3.23. The lowest BCUT2D eigenvalue weighted by molar-refractivity contribution is 0.0931. The van der Waals surface area contributed by atoms with Crippen molar-refractivity contribution in [2.24, 2.45) is 0 Å². The van der Waals surface area contributed by atoms with E-state index >= 15 is 0 Å². The molecule has 1 aliphatic rings. The molecule has 20 heavy (non-hydrogen) atoms. The van der Waals surface area contributed by atoms with Gasteiger partial charge in [-0.25, -0.2) is 4.68 Å². The fraction of sp³-hybridized carbons (Fsp3) is 0.692. The number of amides is 1. The van der Waals surface area contributed by atoms with Crippen molar-refractivity contribution in [2.75, 3.05) is 27.2 Å². The van der Waals surface area contributed by atoms with E-state index in [1.54, 1.807) is 4.68 Å². The summed E-state index contributed by atoms with van der Waals surface area (Å²) in [5.41, 5.74) is 0.251. The fourth-order valence-corrected chi connectivity index (χ4v) is 2.44. The Balaban J connectivity index is 1.88. The number of rotatable bonds is 6. The smallest absolute Gasteiger partial charge is 0.273 e. The lowest BCUT2D eigenvalue weighted by Gasteiger charge is -2.15. The van der Waals surface area contributed by atoms with Gasteiger partial charge in [-0.2, -0.15) is 5.10 Å². The molecule has 2 rings (SSSR count). The first-order valence-electron chi connectivity index (χ1n) is 6.83. The standard InChI is InChI=1S/C13H21ClN4O2/c1-9(5-4-6-17(2)3)15-12(19)11-10(14)13-18(16-11)7-8-20-13/h9H,4-8H2,1-3H3,(H,15,19). The second kappa shape index (κ2) is 6.45. The lowest BCUT2D eigenvalue weighted by atomic mass is 10.1. The average Bonchev–Trinajstić information content (AvgIpc) is 2.92. The first kappa shape index (κ1) is 15.1. The maximum Gasteiger partial charge on any atom is 0.273 e. The van der Waals surface area contributed by atoms with Gasteiger partial charge in [-0.15, -0.1) is 0 Å². The van der Waals surface area contributed by atoms with Crippen molar-refractivity contribution in [1.82, 2.24) is 20.0 Å². The quantitative estimate of drug-likeness (QED) is 0.862. The molecule has 0 fully saturated rings. The zero-order valence-corrected chi connectivity index (χ0v) is 12.9. The number of hydrogen-bond donors (Lipinski definition) is 1. The molecule has 0 saturated heterocycles. The Kier molecular flexibility index (Phi) is 4.88. The summed E-state index contributed by atoms with van der Waals surface area (Å²) in [5, 5.41) is 7.42. The van der Waals surface area contributed by atoms with E-state index in [0.717, 1.165) is 19.4 Å². The zero-order chi connectivity index (χ0) is 14.7. The minimum Gasteiger partial charge on any atom is -0.475 e. The lowest BCUT2D eigenvalue weighted by Crippen LogP contribution is -2.33. The van der Waals surface area contributed by atoms with Gasteiger partial charge in [0.2, 0.25) is 5.88 Å². The topological polar surface area (TPSA) is 59.4 Å². The highest BCUT2D eigenvalue weighted by molar-refractivity contribution is 6.34. The van der Waals surface area contributed by atoms with Crippen molar-refractivity contribution in [1.29, 1.82) is 0 Å². The summed E-state index contributed by atoms with van der Waals surface area (Å²) in [5.74, 6) is 0.259. The van der Waals surface area contributed by atoms with E-state index in [1.165, 1.54) is 0 Å². The molecule has 112 valence electrons. The summed E-state index contributed by atoms with van der Waals surface area (Å²) in [6.07, 6.45) is 1.95. The van der Waals surface area contributed by atoms with Gasteiger partial charge in [0.1, 0.15) is 11.6 Å². The van der Waals surface area contributed by atoms with Crippen molar-refractivity contribution in [2.45, 2.75) is 32.4 Å². The van der Waals surface area contributed by atoms with Gasteiger partial charge in [0.05, 0.1) is 6.54 Å². The maximum atomic E-state index is 12.1. The molecule has 1 amide bonds. The van der Waals surface area contributed by atoms with Gasteiger partial charge in [0.25, 0.3) is 5.91 Å². The largest absolute Gasteiger partial charge is 0.475 e. The summed E-state index contributed by atoms with van der Waals surface area (Å²) in [6, 6.07) is 0.0935. The number of carbonyl (C=O) groups is 1. The van der Waals surface area contributed by atoms with E-state index in [-0.39, 0.29) is 17.6 Å². The highest BCUT2D eigenvalue weighted by Crippen LogP contribution is 2.31. The first-order chi connectivity index (χ1) is 9.49. The molecule has 6 nitrogen and oxygen atoms in total. The third-order valence-corrected chi connectivity index (χ3v) is 3.57. The van der Waals surface area contributed by atoms with Gasteiger partial charge in [-0.1, -0.05) is 11.6 Å². The Hall–Kier alpha value is -1.27. The van der Waals surface area contributed by atoms with Crippen LogP contribution in [0, 0.1) is 0 Å². The van der Waals surface area contributed by atoms with Crippen LogP contribution < -0.4 is 10.1 Å². The number of aromatic nitrogens is 2. The second-order valence-electron chi connectivity index (χ2n) is 5.36. The molecule has 0 spiro atoms. The van der Waals surface area contributed by atoms with Crippen LogP contribution in [-0.2, 0) is 6.54 Å². The predicted octanol–water partition coefficient (Wildman–Crippen LogP) is 1.39. The minimum atomic E-state index is -0.238. The number of ether oxygens (including phenoxy) is 1. The molecular formula is C13H21ClN4O2. The number of fused-ring (bicyclic) bond motifs is 1. The number of halogens is 1. The molecule has 1 N–H and O–H groups in total.